The molecule has 212 valence electrons. The number of hydrogen-bond donors (Lipinski definition) is 2. The lowest BCUT2D eigenvalue weighted by Crippen LogP contribution is -2.42. The van der Waals surface area contributed by atoms with Crippen LogP contribution in [0.3, 0.4) is 0 Å². The number of nitrogens with zero attached hydrogens (tertiary/aromatic N) is 5. The summed E-state index contributed by atoms with van der Waals surface area (Å²) in [5.74, 6) is 3.98. The van der Waals surface area contributed by atoms with E-state index in [0.29, 0.717) is 35.2 Å². The number of carbonyl (C=O) groups is 1. The molecule has 8 nitrogen and oxygen atoms in total. The molecule has 9 heteroatoms. The fourth-order valence-electron chi connectivity index (χ4n) is 6.08. The number of rotatable bonds is 7. The van der Waals surface area contributed by atoms with Crippen LogP contribution >= 0.6 is 0 Å². The van der Waals surface area contributed by atoms with Crippen molar-refractivity contribution in [2.75, 3.05) is 53.2 Å². The fourth-order valence-corrected chi connectivity index (χ4v) is 6.08. The number of aromatic nitrogens is 3. The van der Waals surface area contributed by atoms with Crippen LogP contribution in [-0.4, -0.2) is 53.6 Å². The number of halogens is 1. The van der Waals surface area contributed by atoms with Gasteiger partial charge in [-0.2, -0.15) is 15.0 Å². The first kappa shape index (κ1) is 27.8. The van der Waals surface area contributed by atoms with Crippen molar-refractivity contribution in [1.82, 2.24) is 15.0 Å². The predicted molar refractivity (Wildman–Crippen MR) is 159 cm³/mol. The first-order chi connectivity index (χ1) is 19.2. The number of nitrogens with one attached hydrogen (secondary N) is 2. The van der Waals surface area contributed by atoms with Gasteiger partial charge >= 0.3 is 0 Å². The molecule has 3 aromatic rings. The van der Waals surface area contributed by atoms with Gasteiger partial charge in [-0.1, -0.05) is 27.7 Å². The number of amides is 1. The monoisotopic (exact) mass is 545 g/mol. The lowest BCUT2D eigenvalue weighted by Gasteiger charge is -2.37. The molecule has 2 aromatic carbocycles. The van der Waals surface area contributed by atoms with E-state index >= 15 is 0 Å². The summed E-state index contributed by atoms with van der Waals surface area (Å²) in [5.41, 5.74) is 2.27. The quantitative estimate of drug-likeness (QED) is 0.394. The van der Waals surface area contributed by atoms with Crippen LogP contribution in [0, 0.1) is 29.5 Å². The van der Waals surface area contributed by atoms with Gasteiger partial charge in [0.2, 0.25) is 17.8 Å². The highest BCUT2D eigenvalue weighted by atomic mass is 19.1. The molecule has 2 aliphatic rings. The number of hydrogen-bond acceptors (Lipinski definition) is 7. The maximum Gasteiger partial charge on any atom is 0.243 e. The van der Waals surface area contributed by atoms with E-state index in [-0.39, 0.29) is 18.3 Å². The van der Waals surface area contributed by atoms with Crippen molar-refractivity contribution in [2.24, 2.45) is 23.7 Å². The van der Waals surface area contributed by atoms with Crippen molar-refractivity contribution < 1.29 is 9.18 Å². The second kappa shape index (κ2) is 12.2. The summed E-state index contributed by atoms with van der Waals surface area (Å²) in [5, 5.41) is 5.90. The van der Waals surface area contributed by atoms with Crippen molar-refractivity contribution in [3.8, 4) is 11.4 Å². The molecule has 2 fully saturated rings. The summed E-state index contributed by atoms with van der Waals surface area (Å²) in [6.45, 7) is 13.1. The van der Waals surface area contributed by atoms with Gasteiger partial charge in [-0.3, -0.25) is 4.79 Å². The molecule has 40 heavy (non-hydrogen) atoms. The largest absolute Gasteiger partial charge is 0.376 e. The molecule has 0 aliphatic carbocycles. The molecule has 0 spiro atoms. The average Bonchev–Trinajstić information content (AvgIpc) is 2.92. The Morgan fingerprint density at radius 2 is 1.23 bits per heavy atom. The molecule has 1 amide bonds. The van der Waals surface area contributed by atoms with E-state index in [1.165, 1.54) is 37.1 Å². The van der Waals surface area contributed by atoms with Crippen LogP contribution in [0.25, 0.3) is 11.4 Å². The third-order valence-electron chi connectivity index (χ3n) is 7.64. The van der Waals surface area contributed by atoms with Gasteiger partial charge in [-0.15, -0.1) is 0 Å². The minimum absolute atomic E-state index is 0.0907. The van der Waals surface area contributed by atoms with Crippen molar-refractivity contribution >= 4 is 29.2 Å². The third-order valence-corrected chi connectivity index (χ3v) is 7.64. The molecule has 5 rings (SSSR count). The van der Waals surface area contributed by atoms with Crippen LogP contribution in [0.4, 0.5) is 27.7 Å². The van der Waals surface area contributed by atoms with Crippen molar-refractivity contribution in [3.05, 3.63) is 54.3 Å². The normalized spacial score (nSPS) is 23.1. The summed E-state index contributed by atoms with van der Waals surface area (Å²) in [4.78, 5) is 31.9. The lowest BCUT2D eigenvalue weighted by molar-refractivity contribution is -0.114. The van der Waals surface area contributed by atoms with E-state index in [4.69, 9.17) is 15.0 Å². The molecule has 4 atom stereocenters. The van der Waals surface area contributed by atoms with Crippen LogP contribution in [0.1, 0.15) is 40.5 Å². The minimum atomic E-state index is -0.339. The second-order valence-corrected chi connectivity index (χ2v) is 11.9. The molecule has 1 aromatic heterocycles. The van der Waals surface area contributed by atoms with Gasteiger partial charge < -0.3 is 20.4 Å². The summed E-state index contributed by atoms with van der Waals surface area (Å²) in [6.07, 6.45) is 2.44. The maximum atomic E-state index is 13.1. The first-order valence-electron chi connectivity index (χ1n) is 14.4. The summed E-state index contributed by atoms with van der Waals surface area (Å²) >= 11 is 0. The second-order valence-electron chi connectivity index (χ2n) is 11.9. The maximum absolute atomic E-state index is 13.1. The third kappa shape index (κ3) is 7.06. The molecule has 2 saturated heterocycles. The SMILES string of the molecule is CC1CC(C)CN(c2nc(-c3ccc(NCC(=O)Nc4ccc(F)cc4)cc3)nc(N3CC(C)CC(C)C3)n2)C1. The zero-order valence-electron chi connectivity index (χ0n) is 23.9. The van der Waals surface area contributed by atoms with Crippen LogP contribution in [0.5, 0.6) is 0 Å². The van der Waals surface area contributed by atoms with Gasteiger partial charge in [-0.05, 0) is 85.0 Å². The fraction of sp³-hybridized carbons (Fsp3) is 0.484. The van der Waals surface area contributed by atoms with E-state index in [1.807, 2.05) is 24.3 Å². The molecule has 2 aliphatic heterocycles. The molecule has 2 N–H and O–H groups in total. The van der Waals surface area contributed by atoms with Crippen molar-refractivity contribution in [1.29, 1.82) is 0 Å². The Hall–Kier alpha value is -3.75. The Bertz CT molecular complexity index is 1240. The van der Waals surface area contributed by atoms with E-state index in [0.717, 1.165) is 49.3 Å². The summed E-state index contributed by atoms with van der Waals surface area (Å²) < 4.78 is 13.1. The van der Waals surface area contributed by atoms with Gasteiger partial charge in [0.05, 0.1) is 6.54 Å². The number of benzene rings is 2. The lowest BCUT2D eigenvalue weighted by atomic mass is 9.92. The van der Waals surface area contributed by atoms with Crippen molar-refractivity contribution in [3.63, 3.8) is 0 Å². The molecular formula is C31H40FN7O. The number of anilines is 4. The molecule has 3 heterocycles. The molecule has 4 unspecified atom stereocenters. The van der Waals surface area contributed by atoms with Gasteiger partial charge in [0.1, 0.15) is 5.82 Å². The Kier molecular flexibility index (Phi) is 8.47. The standard InChI is InChI=1S/C31H40FN7O/c1-20-13-21(2)17-38(16-20)30-35-29(36-31(37-30)39-18-22(3)14-23(4)19-39)24-5-9-26(10-6-24)33-15-28(40)34-27-11-7-25(32)8-12-27/h5-12,20-23,33H,13-19H2,1-4H3,(H,34,40). The van der Waals surface area contributed by atoms with Crippen LogP contribution in [0.15, 0.2) is 48.5 Å². The van der Waals surface area contributed by atoms with E-state index < -0.39 is 0 Å². The Balaban J connectivity index is 1.33. The molecule has 0 radical (unpaired) electrons. The zero-order chi connectivity index (χ0) is 28.2. The zero-order valence-corrected chi connectivity index (χ0v) is 23.9. The molecule has 0 saturated carbocycles. The van der Waals surface area contributed by atoms with Crippen LogP contribution < -0.4 is 20.4 Å². The number of piperidine rings is 2. The van der Waals surface area contributed by atoms with Crippen LogP contribution in [-0.2, 0) is 4.79 Å². The highest BCUT2D eigenvalue weighted by molar-refractivity contribution is 5.93. The summed E-state index contributed by atoms with van der Waals surface area (Å²) in [6, 6.07) is 13.5. The van der Waals surface area contributed by atoms with Gasteiger partial charge in [-0.25, -0.2) is 4.39 Å². The van der Waals surface area contributed by atoms with Gasteiger partial charge in [0, 0.05) is 43.1 Å². The molecular weight excluding hydrogens is 505 g/mol. The van der Waals surface area contributed by atoms with Gasteiger partial charge in [0.25, 0.3) is 0 Å². The van der Waals surface area contributed by atoms with E-state index in [1.54, 1.807) is 0 Å². The minimum Gasteiger partial charge on any atom is -0.376 e. The Morgan fingerprint density at radius 3 is 1.73 bits per heavy atom. The Morgan fingerprint density at radius 1 is 0.750 bits per heavy atom. The Labute approximate surface area is 236 Å². The highest BCUT2D eigenvalue weighted by Gasteiger charge is 2.28. The average molecular weight is 546 g/mol. The molecule has 0 bridgehead atoms. The van der Waals surface area contributed by atoms with Gasteiger partial charge in [0.15, 0.2) is 5.82 Å². The highest BCUT2D eigenvalue weighted by Crippen LogP contribution is 2.30. The van der Waals surface area contributed by atoms with Crippen molar-refractivity contribution in [2.45, 2.75) is 40.5 Å². The number of carbonyl (C=O) groups excluding carboxylic acids is 1. The topological polar surface area (TPSA) is 86.3 Å². The van der Waals surface area contributed by atoms with E-state index in [2.05, 4.69) is 48.1 Å². The van der Waals surface area contributed by atoms with Crippen LogP contribution in [0.2, 0.25) is 0 Å². The smallest absolute Gasteiger partial charge is 0.243 e. The summed E-state index contributed by atoms with van der Waals surface area (Å²) in [7, 11) is 0. The van der Waals surface area contributed by atoms with E-state index in [9.17, 15) is 9.18 Å². The predicted octanol–water partition coefficient (Wildman–Crippen LogP) is 5.69. The first-order valence-corrected chi connectivity index (χ1v) is 14.4.